The van der Waals surface area contributed by atoms with E-state index in [1.165, 1.54) is 6.26 Å². The first-order valence-corrected chi connectivity index (χ1v) is 12.8. The summed E-state index contributed by atoms with van der Waals surface area (Å²) in [5.74, 6) is 0. The lowest BCUT2D eigenvalue weighted by molar-refractivity contribution is 0.0372. The normalized spacial score (nSPS) is 24.7. The van der Waals surface area contributed by atoms with Gasteiger partial charge in [-0.15, -0.1) is 0 Å². The second-order valence-corrected chi connectivity index (χ2v) is 10.9. The molecule has 0 saturated carbocycles. The van der Waals surface area contributed by atoms with Gasteiger partial charge in [-0.05, 0) is 43.2 Å². The second kappa shape index (κ2) is 8.54. The Morgan fingerprint density at radius 1 is 1.22 bits per heavy atom. The zero-order valence-electron chi connectivity index (χ0n) is 19.4. The molecule has 4 rings (SSSR count). The van der Waals surface area contributed by atoms with Crippen molar-refractivity contribution >= 4 is 27.3 Å². The van der Waals surface area contributed by atoms with Crippen molar-refractivity contribution < 1.29 is 17.9 Å². The Balaban J connectivity index is 1.70. The van der Waals surface area contributed by atoms with Crippen molar-refractivity contribution in [2.75, 3.05) is 43.4 Å². The van der Waals surface area contributed by atoms with Gasteiger partial charge < -0.3 is 19.3 Å². The molecule has 0 amide bonds. The van der Waals surface area contributed by atoms with Gasteiger partial charge in [0.1, 0.15) is 12.3 Å². The van der Waals surface area contributed by atoms with E-state index in [1.807, 2.05) is 33.2 Å². The molecule has 3 unspecified atom stereocenters. The minimum atomic E-state index is -3.38. The van der Waals surface area contributed by atoms with Gasteiger partial charge in [-0.1, -0.05) is 36.4 Å². The summed E-state index contributed by atoms with van der Waals surface area (Å²) < 4.78 is 37.5. The number of rotatable bonds is 7. The van der Waals surface area contributed by atoms with Crippen LogP contribution in [0.4, 0.5) is 11.4 Å². The number of benzene rings is 2. The summed E-state index contributed by atoms with van der Waals surface area (Å²) >= 11 is 0. The van der Waals surface area contributed by atoms with Gasteiger partial charge in [0, 0.05) is 39.1 Å². The summed E-state index contributed by atoms with van der Waals surface area (Å²) in [4.78, 5) is 4.56. The van der Waals surface area contributed by atoms with E-state index in [1.54, 1.807) is 6.07 Å². The van der Waals surface area contributed by atoms with Crippen LogP contribution in [0.15, 0.2) is 53.4 Å². The van der Waals surface area contributed by atoms with Crippen LogP contribution in [0.25, 0.3) is 6.08 Å². The highest BCUT2D eigenvalue weighted by Crippen LogP contribution is 2.48. The molecule has 2 aliphatic heterocycles. The summed E-state index contributed by atoms with van der Waals surface area (Å²) in [6.45, 7) is 5.08. The molecule has 2 aliphatic rings. The Morgan fingerprint density at radius 3 is 2.56 bits per heavy atom. The lowest BCUT2D eigenvalue weighted by Gasteiger charge is -2.38. The number of para-hydroxylation sites is 1. The van der Waals surface area contributed by atoms with Crippen LogP contribution in [0.3, 0.4) is 0 Å². The molecule has 2 aromatic rings. The maximum atomic E-state index is 12.6. The molecule has 2 aromatic carbocycles. The highest BCUT2D eigenvalue weighted by Gasteiger charge is 2.55. The number of ether oxygens (including phenoxy) is 2. The molecule has 1 fully saturated rings. The van der Waals surface area contributed by atoms with E-state index < -0.39 is 15.4 Å². The number of anilines is 2. The van der Waals surface area contributed by atoms with Gasteiger partial charge in [0.05, 0.1) is 22.7 Å². The third kappa shape index (κ3) is 4.05. The fraction of sp³-hybridized carbons (Fsp3) is 0.440. The average molecular weight is 457 g/mol. The van der Waals surface area contributed by atoms with Crippen LogP contribution in [-0.4, -0.2) is 59.9 Å². The van der Waals surface area contributed by atoms with Crippen LogP contribution in [0.2, 0.25) is 0 Å². The van der Waals surface area contributed by atoms with Gasteiger partial charge in [-0.25, -0.2) is 8.42 Å². The van der Waals surface area contributed by atoms with Crippen LogP contribution < -0.4 is 9.80 Å². The van der Waals surface area contributed by atoms with E-state index in [9.17, 15) is 8.42 Å². The number of fused-ring (bicyclic) bond motifs is 3. The van der Waals surface area contributed by atoms with Crippen molar-refractivity contribution in [3.63, 3.8) is 0 Å². The zero-order valence-corrected chi connectivity index (χ0v) is 20.2. The summed E-state index contributed by atoms with van der Waals surface area (Å²) in [5.41, 5.74) is 3.45. The summed E-state index contributed by atoms with van der Waals surface area (Å²) in [6.07, 6.45) is 5.60. The molecule has 0 aromatic heterocycles. The largest absolute Gasteiger partial charge is 0.379 e. The van der Waals surface area contributed by atoms with Crippen molar-refractivity contribution in [1.29, 1.82) is 0 Å². The van der Waals surface area contributed by atoms with Gasteiger partial charge in [-0.2, -0.15) is 0 Å². The van der Waals surface area contributed by atoms with Crippen LogP contribution >= 0.6 is 0 Å². The van der Waals surface area contributed by atoms with E-state index in [0.29, 0.717) is 24.5 Å². The van der Waals surface area contributed by atoms with E-state index >= 15 is 0 Å². The van der Waals surface area contributed by atoms with E-state index in [0.717, 1.165) is 22.5 Å². The number of nitrogens with zero attached hydrogens (tertiary/aromatic N) is 2. The van der Waals surface area contributed by atoms with Crippen molar-refractivity contribution in [1.82, 2.24) is 0 Å². The fourth-order valence-electron chi connectivity index (χ4n) is 4.67. The molecule has 0 radical (unpaired) electrons. The summed E-state index contributed by atoms with van der Waals surface area (Å²) in [5, 5.41) is 0. The first kappa shape index (κ1) is 22.8. The Bertz CT molecular complexity index is 1110. The third-order valence-electron chi connectivity index (χ3n) is 6.34. The quantitative estimate of drug-likeness (QED) is 0.633. The van der Waals surface area contributed by atoms with Crippen molar-refractivity contribution in [3.05, 3.63) is 59.7 Å². The minimum absolute atomic E-state index is 0.218. The number of hydrogen-bond acceptors (Lipinski definition) is 6. The maximum Gasteiger partial charge on any atom is 0.177 e. The molecule has 0 N–H and O–H groups in total. The molecule has 2 heterocycles. The second-order valence-electron chi connectivity index (χ2n) is 8.96. The van der Waals surface area contributed by atoms with Gasteiger partial charge in [0.25, 0.3) is 0 Å². The molecule has 7 heteroatoms. The van der Waals surface area contributed by atoms with E-state index in [4.69, 9.17) is 9.47 Å². The van der Waals surface area contributed by atoms with Crippen molar-refractivity contribution in [2.45, 2.75) is 43.0 Å². The number of hydrogen-bond donors (Lipinski definition) is 0. The van der Waals surface area contributed by atoms with Gasteiger partial charge in [0.2, 0.25) is 0 Å². The minimum Gasteiger partial charge on any atom is -0.379 e. The van der Waals surface area contributed by atoms with Gasteiger partial charge in [-0.3, -0.25) is 0 Å². The molecule has 172 valence electrons. The highest BCUT2D eigenvalue weighted by atomic mass is 32.2. The standard InChI is InChI=1S/C25H32N2O4S/c1-6-30-17-25(2)22(15-12-18-10-13-20(14-11-18)26(3)4)31-23-16-19-8-7-9-21(32(5,28)29)24(19)27(23)25/h7-15,22-23H,6,16-17H2,1-5H3. The maximum absolute atomic E-state index is 12.6. The topological polar surface area (TPSA) is 59.1 Å². The lowest BCUT2D eigenvalue weighted by Crippen LogP contribution is -2.52. The predicted octanol–water partition coefficient (Wildman–Crippen LogP) is 3.75. The smallest absolute Gasteiger partial charge is 0.177 e. The number of sulfone groups is 1. The van der Waals surface area contributed by atoms with Crippen molar-refractivity contribution in [2.24, 2.45) is 0 Å². The van der Waals surface area contributed by atoms with E-state index in [2.05, 4.69) is 53.1 Å². The monoisotopic (exact) mass is 456 g/mol. The molecule has 3 atom stereocenters. The SMILES string of the molecule is CCOCC1(C)C(C=Cc2ccc(N(C)C)cc2)OC2Cc3cccc(S(C)(=O)=O)c3N21. The summed E-state index contributed by atoms with van der Waals surface area (Å²) in [7, 11) is 0.659. The average Bonchev–Trinajstić information content (AvgIpc) is 3.24. The molecule has 6 nitrogen and oxygen atoms in total. The predicted molar refractivity (Wildman–Crippen MR) is 129 cm³/mol. The third-order valence-corrected chi connectivity index (χ3v) is 7.47. The molecular formula is C25H32N2O4S. The van der Waals surface area contributed by atoms with Crippen molar-refractivity contribution in [3.8, 4) is 0 Å². The van der Waals surface area contributed by atoms with Crippen LogP contribution in [0.5, 0.6) is 0 Å². The lowest BCUT2D eigenvalue weighted by atomic mass is 9.93. The van der Waals surface area contributed by atoms with Crippen LogP contribution in [-0.2, 0) is 25.7 Å². The fourth-order valence-corrected chi connectivity index (χ4v) is 5.58. The van der Waals surface area contributed by atoms with Crippen LogP contribution in [0, 0.1) is 0 Å². The first-order chi connectivity index (χ1) is 15.1. The van der Waals surface area contributed by atoms with E-state index in [-0.39, 0.29) is 12.3 Å². The zero-order chi connectivity index (χ0) is 23.1. The molecule has 32 heavy (non-hydrogen) atoms. The highest BCUT2D eigenvalue weighted by molar-refractivity contribution is 7.90. The molecule has 0 bridgehead atoms. The Kier molecular flexibility index (Phi) is 6.09. The Morgan fingerprint density at radius 2 is 1.94 bits per heavy atom. The first-order valence-electron chi connectivity index (χ1n) is 10.9. The van der Waals surface area contributed by atoms with Gasteiger partial charge in [0.15, 0.2) is 9.84 Å². The summed E-state index contributed by atoms with van der Waals surface area (Å²) in [6, 6.07) is 13.8. The molecular weight excluding hydrogens is 424 g/mol. The molecule has 0 spiro atoms. The van der Waals surface area contributed by atoms with Crippen LogP contribution in [0.1, 0.15) is 25.0 Å². The molecule has 0 aliphatic carbocycles. The Hall–Kier alpha value is -2.35. The molecule has 1 saturated heterocycles. The Labute approximate surface area is 191 Å². The van der Waals surface area contributed by atoms with Gasteiger partial charge >= 0.3 is 0 Å².